The summed E-state index contributed by atoms with van der Waals surface area (Å²) >= 11 is 0. The number of aryl methyl sites for hydroxylation is 1. The van der Waals surface area contributed by atoms with Gasteiger partial charge in [-0.25, -0.2) is 0 Å². The van der Waals surface area contributed by atoms with E-state index in [1.54, 1.807) is 11.1 Å². The molecule has 3 atom stereocenters. The lowest BCUT2D eigenvalue weighted by atomic mass is 9.56. The van der Waals surface area contributed by atoms with Gasteiger partial charge in [0.05, 0.1) is 7.11 Å². The Bertz CT molecular complexity index is 567. The Hall–Kier alpha value is -1.02. The highest BCUT2D eigenvalue weighted by Gasteiger charge is 2.50. The Kier molecular flexibility index (Phi) is 6.96. The largest absolute Gasteiger partial charge is 0.496 e. The maximum Gasteiger partial charge on any atom is 0.122 e. The molecule has 0 radical (unpaired) electrons. The number of methoxy groups -OCH3 is 1. The van der Waals surface area contributed by atoms with Gasteiger partial charge in [-0.1, -0.05) is 53.0 Å². The topological polar surface area (TPSA) is 12.5 Å². The Morgan fingerprint density at radius 3 is 2.60 bits per heavy atom. The maximum atomic E-state index is 5.67. The Balaban J connectivity index is 0.00000109. The quantitative estimate of drug-likeness (QED) is 0.631. The third kappa shape index (κ3) is 3.60. The van der Waals surface area contributed by atoms with Crippen LogP contribution in [0.2, 0.25) is 0 Å². The van der Waals surface area contributed by atoms with Crippen molar-refractivity contribution in [3.8, 4) is 5.75 Å². The molecule has 3 rings (SSSR count). The number of piperidine rings is 1. The molecule has 1 aliphatic heterocycles. The maximum absolute atomic E-state index is 5.67. The molecule has 142 valence electrons. The second-order valence-electron chi connectivity index (χ2n) is 7.88. The zero-order valence-electron chi connectivity index (χ0n) is 17.6. The van der Waals surface area contributed by atoms with Crippen LogP contribution >= 0.6 is 0 Å². The first-order chi connectivity index (χ1) is 12.0. The number of fused-ring (bicyclic) bond motifs is 4. The molecule has 1 fully saturated rings. The Morgan fingerprint density at radius 2 is 1.96 bits per heavy atom. The molecule has 1 saturated heterocycles. The lowest BCUT2D eigenvalue weighted by molar-refractivity contribution is 0.0344. The first-order valence-corrected chi connectivity index (χ1v) is 10.4. The van der Waals surface area contributed by atoms with Crippen molar-refractivity contribution in [2.75, 3.05) is 20.7 Å². The standard InChI is InChI=1S/C21H33NO.C2H6/c1-6-7-8-9-21-10-11-22(4)19(16(21)3)13-17-12-15(2)20(23-5)14-18(17)21;1-2/h12,14,16,19H,6-11,13H2,1-5H3;1-2H3/t16-,19+,21-;/m1./s1. The van der Waals surface area contributed by atoms with Gasteiger partial charge in [0.15, 0.2) is 0 Å². The number of likely N-dealkylation sites (N-methyl/N-ethyl adjacent to an activating group) is 1. The van der Waals surface area contributed by atoms with E-state index < -0.39 is 0 Å². The fourth-order valence-electron chi connectivity index (χ4n) is 5.24. The molecule has 2 bridgehead atoms. The lowest BCUT2D eigenvalue weighted by Gasteiger charge is -2.55. The van der Waals surface area contributed by atoms with E-state index in [-0.39, 0.29) is 0 Å². The third-order valence-corrected chi connectivity index (χ3v) is 6.74. The summed E-state index contributed by atoms with van der Waals surface area (Å²) in [5.74, 6) is 1.81. The van der Waals surface area contributed by atoms with Crippen LogP contribution in [0.15, 0.2) is 12.1 Å². The predicted molar refractivity (Wildman–Crippen MR) is 109 cm³/mol. The Labute approximate surface area is 156 Å². The van der Waals surface area contributed by atoms with Crippen molar-refractivity contribution in [2.24, 2.45) is 5.92 Å². The highest BCUT2D eigenvalue weighted by atomic mass is 16.5. The molecule has 0 amide bonds. The number of hydrogen-bond acceptors (Lipinski definition) is 2. The minimum absolute atomic E-state index is 0.362. The van der Waals surface area contributed by atoms with E-state index in [4.69, 9.17) is 4.74 Å². The number of rotatable bonds is 5. The summed E-state index contributed by atoms with van der Waals surface area (Å²) in [7, 11) is 4.13. The van der Waals surface area contributed by atoms with E-state index >= 15 is 0 Å². The minimum Gasteiger partial charge on any atom is -0.496 e. The zero-order valence-corrected chi connectivity index (χ0v) is 17.6. The van der Waals surface area contributed by atoms with Gasteiger partial charge in [-0.15, -0.1) is 0 Å². The molecule has 0 spiro atoms. The molecule has 0 aromatic heterocycles. The first kappa shape index (κ1) is 20.3. The molecular weight excluding hydrogens is 306 g/mol. The van der Waals surface area contributed by atoms with Gasteiger partial charge in [0.1, 0.15) is 5.75 Å². The van der Waals surface area contributed by atoms with Crippen molar-refractivity contribution in [1.82, 2.24) is 4.90 Å². The van der Waals surface area contributed by atoms with Gasteiger partial charge in [0, 0.05) is 11.5 Å². The van der Waals surface area contributed by atoms with Crippen molar-refractivity contribution in [1.29, 1.82) is 0 Å². The van der Waals surface area contributed by atoms with Gasteiger partial charge in [-0.05, 0) is 68.5 Å². The van der Waals surface area contributed by atoms with Gasteiger partial charge in [-0.2, -0.15) is 0 Å². The van der Waals surface area contributed by atoms with E-state index in [9.17, 15) is 0 Å². The van der Waals surface area contributed by atoms with E-state index in [2.05, 4.69) is 44.9 Å². The van der Waals surface area contributed by atoms with Crippen LogP contribution in [-0.2, 0) is 11.8 Å². The SMILES string of the molecule is CC.CCCCC[C@]12CCN(C)[C@@H](Cc3cc(C)c(OC)cc31)[C@H]2C. The van der Waals surface area contributed by atoms with Crippen LogP contribution in [0.4, 0.5) is 0 Å². The molecule has 1 aromatic rings. The molecule has 0 saturated carbocycles. The number of likely N-dealkylation sites (tertiary alicyclic amines) is 1. The third-order valence-electron chi connectivity index (χ3n) is 6.74. The van der Waals surface area contributed by atoms with Crippen LogP contribution in [0.25, 0.3) is 0 Å². The molecule has 2 aliphatic rings. The molecule has 2 nitrogen and oxygen atoms in total. The van der Waals surface area contributed by atoms with Crippen LogP contribution in [0.5, 0.6) is 5.75 Å². The molecule has 1 aliphatic carbocycles. The number of benzene rings is 1. The highest BCUT2D eigenvalue weighted by molar-refractivity contribution is 5.49. The lowest BCUT2D eigenvalue weighted by Crippen LogP contribution is -2.57. The minimum atomic E-state index is 0.362. The van der Waals surface area contributed by atoms with Gasteiger partial charge in [0.25, 0.3) is 0 Å². The number of nitrogens with zero attached hydrogens (tertiary/aromatic N) is 1. The number of ether oxygens (including phenoxy) is 1. The smallest absolute Gasteiger partial charge is 0.122 e. The summed E-state index contributed by atoms with van der Waals surface area (Å²) < 4.78 is 5.67. The summed E-state index contributed by atoms with van der Waals surface area (Å²) in [4.78, 5) is 2.60. The van der Waals surface area contributed by atoms with E-state index in [0.717, 1.165) is 11.7 Å². The average Bonchev–Trinajstić information content (AvgIpc) is 2.62. The van der Waals surface area contributed by atoms with Crippen LogP contribution < -0.4 is 4.74 Å². The van der Waals surface area contributed by atoms with Gasteiger partial charge in [-0.3, -0.25) is 0 Å². The van der Waals surface area contributed by atoms with Crippen molar-refractivity contribution >= 4 is 0 Å². The first-order valence-electron chi connectivity index (χ1n) is 10.4. The van der Waals surface area contributed by atoms with Crippen molar-refractivity contribution in [2.45, 2.75) is 84.6 Å². The van der Waals surface area contributed by atoms with Gasteiger partial charge < -0.3 is 9.64 Å². The normalized spacial score (nSPS) is 28.0. The van der Waals surface area contributed by atoms with Crippen LogP contribution in [0.3, 0.4) is 0 Å². The predicted octanol–water partition coefficient (Wildman–Crippen LogP) is 5.74. The van der Waals surface area contributed by atoms with E-state index in [1.807, 2.05) is 21.0 Å². The van der Waals surface area contributed by atoms with Crippen molar-refractivity contribution < 1.29 is 4.74 Å². The van der Waals surface area contributed by atoms with Crippen LogP contribution in [0.1, 0.15) is 76.5 Å². The molecule has 25 heavy (non-hydrogen) atoms. The molecule has 2 heteroatoms. The summed E-state index contributed by atoms with van der Waals surface area (Å²) in [6.07, 6.45) is 7.85. The van der Waals surface area contributed by atoms with Crippen LogP contribution in [-0.4, -0.2) is 31.6 Å². The molecule has 1 heterocycles. The molecule has 1 aromatic carbocycles. The fraction of sp³-hybridized carbons (Fsp3) is 0.739. The zero-order chi connectivity index (χ0) is 18.6. The number of hydrogen-bond donors (Lipinski definition) is 0. The molecule has 0 unspecified atom stereocenters. The van der Waals surface area contributed by atoms with Crippen molar-refractivity contribution in [3.05, 3.63) is 28.8 Å². The summed E-state index contributed by atoms with van der Waals surface area (Å²) in [6.45, 7) is 12.2. The van der Waals surface area contributed by atoms with Crippen LogP contribution in [0, 0.1) is 12.8 Å². The average molecular weight is 346 g/mol. The summed E-state index contributed by atoms with van der Waals surface area (Å²) in [5, 5.41) is 0. The highest BCUT2D eigenvalue weighted by Crippen LogP contribution is 2.52. The van der Waals surface area contributed by atoms with E-state index in [0.29, 0.717) is 11.5 Å². The molecule has 0 N–H and O–H groups in total. The molecular formula is C23H39NO. The number of unbranched alkanes of at least 4 members (excludes halogenated alkanes) is 2. The van der Waals surface area contributed by atoms with Gasteiger partial charge >= 0.3 is 0 Å². The second kappa shape index (κ2) is 8.58. The summed E-state index contributed by atoms with van der Waals surface area (Å²) in [5.41, 5.74) is 4.83. The van der Waals surface area contributed by atoms with E-state index in [1.165, 1.54) is 50.6 Å². The second-order valence-corrected chi connectivity index (χ2v) is 7.88. The van der Waals surface area contributed by atoms with Gasteiger partial charge in [0.2, 0.25) is 0 Å². The summed E-state index contributed by atoms with van der Waals surface area (Å²) in [6, 6.07) is 5.49. The Morgan fingerprint density at radius 1 is 1.24 bits per heavy atom. The fourth-order valence-corrected chi connectivity index (χ4v) is 5.24. The van der Waals surface area contributed by atoms with Crippen molar-refractivity contribution in [3.63, 3.8) is 0 Å². The monoisotopic (exact) mass is 345 g/mol.